The van der Waals surface area contributed by atoms with Crippen LogP contribution in [0.1, 0.15) is 27.2 Å². The van der Waals surface area contributed by atoms with Crippen LogP contribution in [0.5, 0.6) is 0 Å². The summed E-state index contributed by atoms with van der Waals surface area (Å²) in [4.78, 5) is 0. The van der Waals surface area contributed by atoms with Crippen molar-refractivity contribution in [1.29, 1.82) is 0 Å². The summed E-state index contributed by atoms with van der Waals surface area (Å²) in [5.74, 6) is 0.906. The van der Waals surface area contributed by atoms with Crippen LogP contribution in [0.25, 0.3) is 0 Å². The van der Waals surface area contributed by atoms with E-state index in [0.717, 1.165) is 9.85 Å². The molecule has 0 aliphatic heterocycles. The average molecular weight is 332 g/mol. The van der Waals surface area contributed by atoms with Crippen LogP contribution in [0, 0.1) is 5.92 Å². The summed E-state index contributed by atoms with van der Waals surface area (Å²) in [6.07, 6.45) is 1.36. The van der Waals surface area contributed by atoms with Gasteiger partial charge >= 0.3 is 59.6 Å². The Kier molecular flexibility index (Phi) is 10.2. The Morgan fingerprint density at radius 3 is 1.75 bits per heavy atom. The van der Waals surface area contributed by atoms with Gasteiger partial charge in [-0.1, -0.05) is 0 Å². The third-order valence-corrected chi connectivity index (χ3v) is 4.31. The third kappa shape index (κ3) is 5.66. The van der Waals surface area contributed by atoms with Crippen LogP contribution in [0.3, 0.4) is 0 Å². The predicted molar refractivity (Wildman–Crippen MR) is 50.0 cm³/mol. The minimum absolute atomic E-state index is 0. The Morgan fingerprint density at radius 1 is 1.38 bits per heavy atom. The maximum Gasteiger partial charge on any atom is -0.107 e. The predicted octanol–water partition coefficient (Wildman–Crippen LogP) is 2.63. The molecule has 0 fully saturated rings. The van der Waals surface area contributed by atoms with Crippen LogP contribution in [-0.4, -0.2) is 22.5 Å². The molecule has 0 saturated carbocycles. The summed E-state index contributed by atoms with van der Waals surface area (Å²) in [7, 11) is 0. The van der Waals surface area contributed by atoms with Crippen LogP contribution in [-0.2, 0) is 0 Å². The molecule has 0 aliphatic carbocycles. The number of hydrogen-bond acceptors (Lipinski definition) is 0. The molecule has 2 heteroatoms. The van der Waals surface area contributed by atoms with Gasteiger partial charge in [-0.2, -0.15) is 0 Å². The molecule has 0 aromatic carbocycles. The van der Waals surface area contributed by atoms with Gasteiger partial charge in [0.2, 0.25) is 0 Å². The Hall–Kier alpha value is 1.53. The Morgan fingerprint density at radius 2 is 1.75 bits per heavy atom. The second-order valence-electron chi connectivity index (χ2n) is 2.26. The molecule has 0 heterocycles. The van der Waals surface area contributed by atoms with Gasteiger partial charge in [-0.15, -0.1) is 24.0 Å². The molecule has 3 radical (unpaired) electrons. The van der Waals surface area contributed by atoms with E-state index in [0.29, 0.717) is 0 Å². The van der Waals surface area contributed by atoms with Crippen molar-refractivity contribution in [2.24, 2.45) is 5.92 Å². The fourth-order valence-electron chi connectivity index (χ4n) is 0.471. The van der Waals surface area contributed by atoms with Gasteiger partial charge in [-0.25, -0.2) is 0 Å². The summed E-state index contributed by atoms with van der Waals surface area (Å²) < 4.78 is 0.993. The quantitative estimate of drug-likeness (QED) is 0.539. The van der Waals surface area contributed by atoms with Gasteiger partial charge in [0.15, 0.2) is 0 Å². The van der Waals surface area contributed by atoms with Gasteiger partial charge in [0.25, 0.3) is 0 Å². The molecule has 0 aromatic rings. The van der Waals surface area contributed by atoms with Gasteiger partial charge in [-0.3, -0.25) is 0 Å². The smallest absolute Gasteiger partial charge is 0.107 e. The van der Waals surface area contributed by atoms with E-state index < -0.39 is 0 Å². The van der Waals surface area contributed by atoms with Gasteiger partial charge in [0.05, 0.1) is 0 Å². The van der Waals surface area contributed by atoms with Crippen molar-refractivity contribution in [3.05, 3.63) is 0 Å². The average Bonchev–Trinajstić information content (AvgIpc) is 1.65. The summed E-state index contributed by atoms with van der Waals surface area (Å²) in [6.45, 7) is 6.85. The molecular formula is C6H14ISn. The van der Waals surface area contributed by atoms with Crippen molar-refractivity contribution in [3.8, 4) is 0 Å². The fourth-order valence-corrected chi connectivity index (χ4v) is 0.471. The maximum absolute atomic E-state index is 2.29. The molecule has 1 atom stereocenters. The molecule has 0 nitrogen and oxygen atoms in total. The van der Waals surface area contributed by atoms with Gasteiger partial charge in [0.1, 0.15) is 0 Å². The van der Waals surface area contributed by atoms with Crippen molar-refractivity contribution in [2.75, 3.05) is 0 Å². The van der Waals surface area contributed by atoms with Gasteiger partial charge in [-0.05, 0) is 0 Å². The SMILES string of the molecule is CC[CH]([Sn])C(C)C.I. The van der Waals surface area contributed by atoms with Crippen LogP contribution >= 0.6 is 24.0 Å². The van der Waals surface area contributed by atoms with Crippen molar-refractivity contribution < 1.29 is 0 Å². The summed E-state index contributed by atoms with van der Waals surface area (Å²) >= 11 is 1.70. The van der Waals surface area contributed by atoms with Crippen LogP contribution in [0.4, 0.5) is 0 Å². The first-order valence-electron chi connectivity index (χ1n) is 2.89. The standard InChI is InChI=1S/C6H13.HI.Sn/c1-4-5-6(2)3;;/h5-6H,4H2,1-3H3;1H;. The zero-order chi connectivity index (χ0) is 5.86. The zero-order valence-corrected chi connectivity index (χ0v) is 11.0. The van der Waals surface area contributed by atoms with Crippen molar-refractivity contribution >= 4 is 46.5 Å². The minimum Gasteiger partial charge on any atom is -0.107 e. The molecule has 0 bridgehead atoms. The zero-order valence-electron chi connectivity index (χ0n) is 5.77. The molecule has 0 saturated heterocycles. The maximum atomic E-state index is 2.29. The van der Waals surface area contributed by atoms with Crippen LogP contribution in [0.2, 0.25) is 3.93 Å². The summed E-state index contributed by atoms with van der Waals surface area (Å²) in [5, 5.41) is 0. The molecule has 0 amide bonds. The molecule has 0 aliphatic rings. The molecular weight excluding hydrogens is 318 g/mol. The van der Waals surface area contributed by atoms with Crippen molar-refractivity contribution in [2.45, 2.75) is 31.1 Å². The summed E-state index contributed by atoms with van der Waals surface area (Å²) in [5.41, 5.74) is 0. The van der Waals surface area contributed by atoms with Crippen LogP contribution < -0.4 is 0 Å². The Bertz CT molecular complexity index is 45.8. The van der Waals surface area contributed by atoms with E-state index in [1.54, 1.807) is 22.5 Å². The Labute approximate surface area is 82.9 Å². The van der Waals surface area contributed by atoms with E-state index in [1.165, 1.54) is 6.42 Å². The van der Waals surface area contributed by atoms with Gasteiger partial charge < -0.3 is 0 Å². The van der Waals surface area contributed by atoms with Crippen molar-refractivity contribution in [3.63, 3.8) is 0 Å². The first-order chi connectivity index (χ1) is 3.18. The van der Waals surface area contributed by atoms with Crippen molar-refractivity contribution in [1.82, 2.24) is 0 Å². The number of hydrogen-bond donors (Lipinski definition) is 0. The fraction of sp³-hybridized carbons (Fsp3) is 1.00. The van der Waals surface area contributed by atoms with E-state index in [1.807, 2.05) is 0 Å². The molecule has 1 unspecified atom stereocenters. The monoisotopic (exact) mass is 333 g/mol. The first kappa shape index (κ1) is 12.2. The minimum atomic E-state index is 0. The van der Waals surface area contributed by atoms with E-state index in [9.17, 15) is 0 Å². The largest absolute Gasteiger partial charge is 0.107 e. The van der Waals surface area contributed by atoms with Crippen LogP contribution in [0.15, 0.2) is 0 Å². The van der Waals surface area contributed by atoms with Gasteiger partial charge in [0, 0.05) is 0 Å². The number of halogens is 1. The normalized spacial score (nSPS) is 13.1. The van der Waals surface area contributed by atoms with E-state index in [-0.39, 0.29) is 24.0 Å². The second-order valence-corrected chi connectivity index (χ2v) is 4.38. The van der Waals surface area contributed by atoms with E-state index >= 15 is 0 Å². The summed E-state index contributed by atoms with van der Waals surface area (Å²) in [6, 6.07) is 0. The molecule has 49 valence electrons. The third-order valence-electron chi connectivity index (χ3n) is 1.24. The first-order valence-corrected chi connectivity index (χ1v) is 4.54. The second kappa shape index (κ2) is 6.65. The molecule has 0 aromatic heterocycles. The van der Waals surface area contributed by atoms with E-state index in [2.05, 4.69) is 20.8 Å². The molecule has 0 N–H and O–H groups in total. The molecule has 8 heavy (non-hydrogen) atoms. The topological polar surface area (TPSA) is 0 Å². The number of rotatable bonds is 2. The molecule has 0 rings (SSSR count). The Balaban J connectivity index is 0. The molecule has 0 spiro atoms. The van der Waals surface area contributed by atoms with E-state index in [4.69, 9.17) is 0 Å².